The Hall–Kier alpha value is -0.790. The van der Waals surface area contributed by atoms with Gasteiger partial charge < -0.3 is 0 Å². The van der Waals surface area contributed by atoms with Crippen LogP contribution in [0.1, 0.15) is 31.4 Å². The summed E-state index contributed by atoms with van der Waals surface area (Å²) in [6, 6.07) is 2.10. The smallest absolute Gasteiger partial charge is 0.0492 e. The lowest BCUT2D eigenvalue weighted by molar-refractivity contribution is 0.283. The van der Waals surface area contributed by atoms with Gasteiger partial charge in [-0.25, -0.2) is 0 Å². The molecule has 3 unspecified atom stereocenters. The maximum atomic E-state index is 4.38. The monoisotopic (exact) mass is 190 g/mol. The van der Waals surface area contributed by atoms with Gasteiger partial charge >= 0.3 is 0 Å². The van der Waals surface area contributed by atoms with Crippen molar-refractivity contribution < 1.29 is 0 Å². The third-order valence-corrected chi connectivity index (χ3v) is 4.22. The summed E-state index contributed by atoms with van der Waals surface area (Å²) >= 11 is 0. The summed E-state index contributed by atoms with van der Waals surface area (Å²) in [6.45, 7) is 3.32. The molecule has 2 aliphatic rings. The van der Waals surface area contributed by atoms with E-state index in [2.05, 4.69) is 22.8 Å². The minimum Gasteiger partial charge on any atom is -0.270 e. The van der Waals surface area contributed by atoms with Gasteiger partial charge in [0.1, 0.15) is 0 Å². The molecule has 2 heteroatoms. The van der Waals surface area contributed by atoms with Crippen molar-refractivity contribution in [1.82, 2.24) is 9.78 Å². The van der Waals surface area contributed by atoms with Gasteiger partial charge in [-0.1, -0.05) is 6.42 Å². The van der Waals surface area contributed by atoms with Gasteiger partial charge in [0.05, 0.1) is 0 Å². The van der Waals surface area contributed by atoms with Crippen LogP contribution in [0.4, 0.5) is 0 Å². The highest BCUT2D eigenvalue weighted by molar-refractivity contribution is 4.98. The molecule has 0 aliphatic heterocycles. The van der Waals surface area contributed by atoms with Gasteiger partial charge in [-0.2, -0.15) is 5.10 Å². The first kappa shape index (κ1) is 8.51. The van der Waals surface area contributed by atoms with Gasteiger partial charge in [0.25, 0.3) is 0 Å². The molecule has 2 bridgehead atoms. The molecule has 2 fully saturated rings. The van der Waals surface area contributed by atoms with Crippen LogP contribution in [0.15, 0.2) is 12.3 Å². The fraction of sp³-hybridized carbons (Fsp3) is 0.750. The third kappa shape index (κ3) is 1.28. The second-order valence-corrected chi connectivity index (χ2v) is 5.09. The Morgan fingerprint density at radius 1 is 1.43 bits per heavy atom. The molecule has 2 nitrogen and oxygen atoms in total. The largest absolute Gasteiger partial charge is 0.270 e. The zero-order valence-electron chi connectivity index (χ0n) is 8.82. The number of aryl methyl sites for hydroxylation is 1. The Labute approximate surface area is 85.3 Å². The van der Waals surface area contributed by atoms with E-state index in [0.29, 0.717) is 0 Å². The second-order valence-electron chi connectivity index (χ2n) is 5.09. The van der Waals surface area contributed by atoms with Gasteiger partial charge in [0.2, 0.25) is 0 Å². The lowest BCUT2D eigenvalue weighted by Gasteiger charge is -2.21. The highest BCUT2D eigenvalue weighted by Gasteiger charge is 2.39. The van der Waals surface area contributed by atoms with E-state index in [0.717, 1.165) is 17.8 Å². The van der Waals surface area contributed by atoms with Crippen LogP contribution in [0.3, 0.4) is 0 Å². The molecule has 0 aromatic carbocycles. The van der Waals surface area contributed by atoms with Gasteiger partial charge in [-0.05, 0) is 50.0 Å². The first-order valence-electron chi connectivity index (χ1n) is 5.81. The zero-order valence-corrected chi connectivity index (χ0v) is 8.82. The molecule has 0 saturated heterocycles. The van der Waals surface area contributed by atoms with Crippen LogP contribution in [0.2, 0.25) is 0 Å². The second kappa shape index (κ2) is 3.11. The number of nitrogens with zero attached hydrogens (tertiary/aromatic N) is 2. The van der Waals surface area contributed by atoms with E-state index >= 15 is 0 Å². The van der Waals surface area contributed by atoms with E-state index in [-0.39, 0.29) is 0 Å². The van der Waals surface area contributed by atoms with E-state index in [1.807, 2.05) is 6.20 Å². The van der Waals surface area contributed by atoms with Gasteiger partial charge in [0, 0.05) is 18.4 Å². The molecule has 76 valence electrons. The van der Waals surface area contributed by atoms with E-state index in [1.54, 1.807) is 0 Å². The van der Waals surface area contributed by atoms with Crippen LogP contribution in [-0.2, 0) is 6.54 Å². The molecular formula is C12H18N2. The first-order valence-corrected chi connectivity index (χ1v) is 5.81. The summed E-state index contributed by atoms with van der Waals surface area (Å²) in [4.78, 5) is 0. The normalized spacial score (nSPS) is 35.4. The predicted octanol–water partition coefficient (Wildman–Crippen LogP) is 2.63. The van der Waals surface area contributed by atoms with Crippen molar-refractivity contribution in [1.29, 1.82) is 0 Å². The summed E-state index contributed by atoms with van der Waals surface area (Å²) in [5.74, 6) is 3.00. The number of hydrogen-bond donors (Lipinski definition) is 0. The van der Waals surface area contributed by atoms with E-state index < -0.39 is 0 Å². The van der Waals surface area contributed by atoms with Crippen molar-refractivity contribution in [3.63, 3.8) is 0 Å². The van der Waals surface area contributed by atoms with Crippen molar-refractivity contribution in [2.75, 3.05) is 0 Å². The minimum atomic E-state index is 0.923. The lowest BCUT2D eigenvalue weighted by Crippen LogP contribution is -2.18. The maximum Gasteiger partial charge on any atom is 0.0492 e. The fourth-order valence-corrected chi connectivity index (χ4v) is 3.41. The Kier molecular flexibility index (Phi) is 1.89. The molecule has 3 atom stereocenters. The van der Waals surface area contributed by atoms with Gasteiger partial charge in [-0.15, -0.1) is 0 Å². The molecule has 14 heavy (non-hydrogen) atoms. The Morgan fingerprint density at radius 2 is 2.36 bits per heavy atom. The molecule has 1 heterocycles. The molecule has 2 saturated carbocycles. The standard InChI is InChI=1S/C12H18N2/c1-9-4-5-13-14(9)8-12-7-10-2-3-11(12)6-10/h4-5,10-12H,2-3,6-8H2,1H3. The molecule has 3 rings (SSSR count). The minimum absolute atomic E-state index is 0.923. The van der Waals surface area contributed by atoms with Crippen molar-refractivity contribution in [3.8, 4) is 0 Å². The summed E-state index contributed by atoms with van der Waals surface area (Å²) in [7, 11) is 0. The Bertz CT molecular complexity index is 329. The van der Waals surface area contributed by atoms with E-state index in [9.17, 15) is 0 Å². The summed E-state index contributed by atoms with van der Waals surface area (Å²) in [5.41, 5.74) is 1.31. The number of rotatable bonds is 2. The summed E-state index contributed by atoms with van der Waals surface area (Å²) in [6.07, 6.45) is 7.87. The molecule has 0 radical (unpaired) electrons. The van der Waals surface area contributed by atoms with Crippen LogP contribution in [0.5, 0.6) is 0 Å². The number of hydrogen-bond acceptors (Lipinski definition) is 1. The van der Waals surface area contributed by atoms with Crippen LogP contribution in [0, 0.1) is 24.7 Å². The number of aromatic nitrogens is 2. The molecule has 0 spiro atoms. The molecule has 0 amide bonds. The molecule has 2 aliphatic carbocycles. The van der Waals surface area contributed by atoms with E-state index in [4.69, 9.17) is 0 Å². The zero-order chi connectivity index (χ0) is 9.54. The third-order valence-electron chi connectivity index (χ3n) is 4.22. The van der Waals surface area contributed by atoms with Crippen LogP contribution < -0.4 is 0 Å². The quantitative estimate of drug-likeness (QED) is 0.701. The Morgan fingerprint density at radius 3 is 2.93 bits per heavy atom. The average molecular weight is 190 g/mol. The van der Waals surface area contributed by atoms with Crippen LogP contribution in [0.25, 0.3) is 0 Å². The first-order chi connectivity index (χ1) is 6.83. The molecule has 1 aromatic rings. The summed E-state index contributed by atoms with van der Waals surface area (Å²) < 4.78 is 2.19. The molecule has 0 N–H and O–H groups in total. The van der Waals surface area contributed by atoms with Crippen LogP contribution in [-0.4, -0.2) is 9.78 Å². The maximum absolute atomic E-state index is 4.38. The summed E-state index contributed by atoms with van der Waals surface area (Å²) in [5, 5.41) is 4.38. The topological polar surface area (TPSA) is 17.8 Å². The molecular weight excluding hydrogens is 172 g/mol. The molecule has 1 aromatic heterocycles. The van der Waals surface area contributed by atoms with Crippen molar-refractivity contribution in [3.05, 3.63) is 18.0 Å². The fourth-order valence-electron chi connectivity index (χ4n) is 3.41. The average Bonchev–Trinajstić information content (AvgIpc) is 2.83. The van der Waals surface area contributed by atoms with Crippen molar-refractivity contribution in [2.45, 2.75) is 39.2 Å². The van der Waals surface area contributed by atoms with E-state index in [1.165, 1.54) is 37.9 Å². The van der Waals surface area contributed by atoms with Crippen molar-refractivity contribution in [2.24, 2.45) is 17.8 Å². The van der Waals surface area contributed by atoms with Crippen molar-refractivity contribution >= 4 is 0 Å². The predicted molar refractivity (Wildman–Crippen MR) is 55.9 cm³/mol. The highest BCUT2D eigenvalue weighted by atomic mass is 15.3. The highest BCUT2D eigenvalue weighted by Crippen LogP contribution is 2.48. The van der Waals surface area contributed by atoms with Crippen LogP contribution >= 0.6 is 0 Å². The Balaban J connectivity index is 1.71. The lowest BCUT2D eigenvalue weighted by atomic mass is 9.89. The van der Waals surface area contributed by atoms with Gasteiger partial charge in [0.15, 0.2) is 0 Å². The number of fused-ring (bicyclic) bond motifs is 2. The van der Waals surface area contributed by atoms with Gasteiger partial charge in [-0.3, -0.25) is 4.68 Å². The SMILES string of the molecule is Cc1ccnn1CC1CC2CCC1C2.